The van der Waals surface area contributed by atoms with Crippen molar-refractivity contribution in [3.63, 3.8) is 0 Å². The Morgan fingerprint density at radius 1 is 1.00 bits per heavy atom. The molecule has 0 radical (unpaired) electrons. The Bertz CT molecular complexity index is 1120. The fourth-order valence-electron chi connectivity index (χ4n) is 4.40. The Morgan fingerprint density at radius 3 is 2.32 bits per heavy atom. The minimum absolute atomic E-state index is 0.0914. The number of carbonyl (C=O) groups excluding carboxylic acids is 2. The van der Waals surface area contributed by atoms with Crippen LogP contribution in [0.1, 0.15) is 53.4 Å². The molecule has 7 heteroatoms. The minimum atomic E-state index is -0.944. The van der Waals surface area contributed by atoms with Crippen LogP contribution in [0.15, 0.2) is 65.3 Å². The number of anilines is 1. The highest BCUT2D eigenvalue weighted by Gasteiger charge is 2.36. The van der Waals surface area contributed by atoms with Crippen molar-refractivity contribution in [1.29, 1.82) is 0 Å². The van der Waals surface area contributed by atoms with Crippen molar-refractivity contribution in [2.75, 3.05) is 19.1 Å². The maximum absolute atomic E-state index is 13.8. The minimum Gasteiger partial charge on any atom is -0.493 e. The van der Waals surface area contributed by atoms with Crippen LogP contribution in [0.25, 0.3) is 0 Å². The molecule has 4 rings (SSSR count). The molecule has 0 bridgehead atoms. The Labute approximate surface area is 199 Å². The van der Waals surface area contributed by atoms with Gasteiger partial charge in [-0.25, -0.2) is 0 Å². The molecule has 1 fully saturated rings. The molecule has 2 amide bonds. The van der Waals surface area contributed by atoms with Crippen LogP contribution in [0.5, 0.6) is 11.5 Å². The third-order valence-electron chi connectivity index (χ3n) is 6.19. The van der Waals surface area contributed by atoms with E-state index in [0.29, 0.717) is 22.7 Å². The second-order valence-corrected chi connectivity index (χ2v) is 8.49. The molecule has 1 saturated carbocycles. The van der Waals surface area contributed by atoms with E-state index in [2.05, 4.69) is 5.32 Å². The first-order valence-electron chi connectivity index (χ1n) is 11.5. The van der Waals surface area contributed by atoms with Crippen LogP contribution in [0.3, 0.4) is 0 Å². The summed E-state index contributed by atoms with van der Waals surface area (Å²) >= 11 is 0. The Balaban J connectivity index is 1.84. The zero-order valence-electron chi connectivity index (χ0n) is 19.7. The molecule has 0 aliphatic heterocycles. The molecular formula is C27H30N2O5. The van der Waals surface area contributed by atoms with Crippen molar-refractivity contribution in [2.24, 2.45) is 0 Å². The highest BCUT2D eigenvalue weighted by Crippen LogP contribution is 2.35. The number of aryl methyl sites for hydroxylation is 1. The maximum Gasteiger partial charge on any atom is 0.294 e. The Hall–Kier alpha value is -3.74. The van der Waals surface area contributed by atoms with E-state index < -0.39 is 11.9 Å². The van der Waals surface area contributed by atoms with E-state index in [1.807, 2.05) is 31.2 Å². The van der Waals surface area contributed by atoms with E-state index >= 15 is 0 Å². The first-order valence-corrected chi connectivity index (χ1v) is 11.5. The second kappa shape index (κ2) is 10.5. The molecule has 2 aromatic carbocycles. The van der Waals surface area contributed by atoms with Crippen LogP contribution < -0.4 is 19.7 Å². The van der Waals surface area contributed by atoms with Crippen LogP contribution in [-0.4, -0.2) is 32.1 Å². The van der Waals surface area contributed by atoms with E-state index in [9.17, 15) is 9.59 Å². The smallest absolute Gasteiger partial charge is 0.294 e. The van der Waals surface area contributed by atoms with Gasteiger partial charge in [-0.1, -0.05) is 36.6 Å². The van der Waals surface area contributed by atoms with Gasteiger partial charge in [0, 0.05) is 11.7 Å². The third kappa shape index (κ3) is 4.93. The van der Waals surface area contributed by atoms with Gasteiger partial charge in [0.2, 0.25) is 5.91 Å². The van der Waals surface area contributed by atoms with E-state index in [4.69, 9.17) is 13.9 Å². The van der Waals surface area contributed by atoms with Crippen LogP contribution in [0, 0.1) is 6.92 Å². The van der Waals surface area contributed by atoms with Gasteiger partial charge in [-0.15, -0.1) is 0 Å². The molecular weight excluding hydrogens is 432 g/mol. The SMILES string of the molecule is COc1ccc([C@@H](C(=O)NC2CCCC2)N(C(=O)c2ccco2)c2ccc(C)cc2)cc1OC. The molecule has 7 nitrogen and oxygen atoms in total. The van der Waals surface area contributed by atoms with Crippen LogP contribution in [0.4, 0.5) is 5.69 Å². The van der Waals surface area contributed by atoms with Gasteiger partial charge in [-0.3, -0.25) is 14.5 Å². The van der Waals surface area contributed by atoms with Gasteiger partial charge >= 0.3 is 0 Å². The summed E-state index contributed by atoms with van der Waals surface area (Å²) in [5, 5.41) is 3.17. The van der Waals surface area contributed by atoms with Crippen molar-refractivity contribution < 1.29 is 23.5 Å². The Morgan fingerprint density at radius 2 is 1.71 bits per heavy atom. The average Bonchev–Trinajstić information content (AvgIpc) is 3.57. The Kier molecular flexibility index (Phi) is 7.21. The number of carbonyl (C=O) groups is 2. The van der Waals surface area contributed by atoms with Crippen molar-refractivity contribution in [2.45, 2.75) is 44.7 Å². The van der Waals surface area contributed by atoms with Crippen LogP contribution >= 0.6 is 0 Å². The topological polar surface area (TPSA) is 81.0 Å². The van der Waals surface area contributed by atoms with Gasteiger partial charge in [-0.05, 0) is 61.7 Å². The molecule has 1 aromatic heterocycles. The summed E-state index contributed by atoms with van der Waals surface area (Å²) in [4.78, 5) is 29.0. The van der Waals surface area contributed by atoms with Gasteiger partial charge < -0.3 is 19.2 Å². The lowest BCUT2D eigenvalue weighted by Gasteiger charge is -2.32. The van der Waals surface area contributed by atoms with Crippen molar-refractivity contribution in [3.8, 4) is 11.5 Å². The first kappa shape index (κ1) is 23.4. The molecule has 0 spiro atoms. The highest BCUT2D eigenvalue weighted by atomic mass is 16.5. The molecule has 0 unspecified atom stereocenters. The largest absolute Gasteiger partial charge is 0.493 e. The fraction of sp³-hybridized carbons (Fsp3) is 0.333. The predicted molar refractivity (Wildman–Crippen MR) is 129 cm³/mol. The monoisotopic (exact) mass is 462 g/mol. The molecule has 3 aromatic rings. The zero-order chi connectivity index (χ0) is 24.1. The number of rotatable bonds is 8. The van der Waals surface area contributed by atoms with Gasteiger partial charge in [-0.2, -0.15) is 0 Å². The number of nitrogens with zero attached hydrogens (tertiary/aromatic N) is 1. The summed E-state index contributed by atoms with van der Waals surface area (Å²) in [6, 6.07) is 15.2. The number of hydrogen-bond acceptors (Lipinski definition) is 5. The van der Waals surface area contributed by atoms with Gasteiger partial charge in [0.15, 0.2) is 17.3 Å². The van der Waals surface area contributed by atoms with Crippen molar-refractivity contribution in [1.82, 2.24) is 5.32 Å². The predicted octanol–water partition coefficient (Wildman–Crippen LogP) is 5.05. The standard InChI is InChI=1S/C27H30N2O5/c1-18-10-13-21(14-11-18)29(27(31)23-9-6-16-34-23)25(26(30)28-20-7-4-5-8-20)19-12-15-22(32-2)24(17-19)33-3/h6,9-17,20,25H,4-5,7-8H2,1-3H3,(H,28,30)/t25-/m0/s1. The molecule has 1 aliphatic carbocycles. The second-order valence-electron chi connectivity index (χ2n) is 8.49. The maximum atomic E-state index is 13.8. The molecule has 1 atom stereocenters. The molecule has 1 heterocycles. The number of methoxy groups -OCH3 is 2. The summed E-state index contributed by atoms with van der Waals surface area (Å²) in [6.07, 6.45) is 5.48. The summed E-state index contributed by atoms with van der Waals surface area (Å²) in [5.41, 5.74) is 2.24. The number of nitrogens with one attached hydrogen (secondary N) is 1. The summed E-state index contributed by atoms with van der Waals surface area (Å²) in [7, 11) is 3.10. The molecule has 178 valence electrons. The molecule has 0 saturated heterocycles. The van der Waals surface area contributed by atoms with Gasteiger partial charge in [0.05, 0.1) is 20.5 Å². The zero-order valence-corrected chi connectivity index (χ0v) is 19.7. The summed E-state index contributed by atoms with van der Waals surface area (Å²) < 4.78 is 16.3. The third-order valence-corrected chi connectivity index (χ3v) is 6.19. The number of ether oxygens (including phenoxy) is 2. The summed E-state index contributed by atoms with van der Waals surface area (Å²) in [5.74, 6) is 0.517. The van der Waals surface area contributed by atoms with Crippen molar-refractivity contribution in [3.05, 3.63) is 77.7 Å². The van der Waals surface area contributed by atoms with Crippen LogP contribution in [0.2, 0.25) is 0 Å². The van der Waals surface area contributed by atoms with Gasteiger partial charge in [0.1, 0.15) is 6.04 Å². The average molecular weight is 463 g/mol. The highest BCUT2D eigenvalue weighted by molar-refractivity contribution is 6.08. The fourth-order valence-corrected chi connectivity index (χ4v) is 4.40. The first-order chi connectivity index (χ1) is 16.5. The van der Waals surface area contributed by atoms with Crippen LogP contribution in [-0.2, 0) is 4.79 Å². The molecule has 34 heavy (non-hydrogen) atoms. The van der Waals surface area contributed by atoms with E-state index in [1.54, 1.807) is 44.6 Å². The van der Waals surface area contributed by atoms with Gasteiger partial charge in [0.25, 0.3) is 5.91 Å². The summed E-state index contributed by atoms with van der Waals surface area (Å²) in [6.45, 7) is 1.97. The number of benzene rings is 2. The lowest BCUT2D eigenvalue weighted by molar-refractivity contribution is -0.123. The number of furan rings is 1. The molecule has 1 aliphatic rings. The molecule has 1 N–H and O–H groups in total. The van der Waals surface area contributed by atoms with E-state index in [-0.39, 0.29) is 17.7 Å². The normalized spacial score (nSPS) is 14.4. The lowest BCUT2D eigenvalue weighted by Crippen LogP contribution is -2.46. The van der Waals surface area contributed by atoms with Crippen molar-refractivity contribution >= 4 is 17.5 Å². The number of amides is 2. The number of hydrogen-bond donors (Lipinski definition) is 1. The quantitative estimate of drug-likeness (QED) is 0.507. The lowest BCUT2D eigenvalue weighted by atomic mass is 10.0. The van der Waals surface area contributed by atoms with E-state index in [0.717, 1.165) is 31.2 Å². The van der Waals surface area contributed by atoms with E-state index in [1.165, 1.54) is 11.2 Å².